The smallest absolute Gasteiger partial charge is 0.303 e. The van der Waals surface area contributed by atoms with E-state index in [-0.39, 0.29) is 23.8 Å². The van der Waals surface area contributed by atoms with Crippen molar-refractivity contribution >= 4 is 11.9 Å². The molecule has 18 heavy (non-hydrogen) atoms. The van der Waals surface area contributed by atoms with Gasteiger partial charge in [0.15, 0.2) is 0 Å². The van der Waals surface area contributed by atoms with Crippen LogP contribution in [0.1, 0.15) is 44.9 Å². The highest BCUT2D eigenvalue weighted by Crippen LogP contribution is 2.33. The van der Waals surface area contributed by atoms with E-state index in [4.69, 9.17) is 10.8 Å². The molecule has 5 heteroatoms. The molecule has 2 rings (SSSR count). The maximum Gasteiger partial charge on any atom is 0.303 e. The van der Waals surface area contributed by atoms with Crippen LogP contribution in [0.15, 0.2) is 0 Å². The molecule has 0 aromatic rings. The number of carboxylic acid groups (broad SMARTS) is 1. The van der Waals surface area contributed by atoms with E-state index in [0.29, 0.717) is 19.5 Å². The number of amides is 1. The molecule has 0 spiro atoms. The van der Waals surface area contributed by atoms with E-state index in [1.807, 2.05) is 4.90 Å². The summed E-state index contributed by atoms with van der Waals surface area (Å²) in [6, 6.07) is 0. The fourth-order valence-electron chi connectivity index (χ4n) is 2.85. The van der Waals surface area contributed by atoms with Crippen molar-refractivity contribution in [1.29, 1.82) is 0 Å². The highest BCUT2D eigenvalue weighted by atomic mass is 16.4. The van der Waals surface area contributed by atoms with Gasteiger partial charge in [-0.15, -0.1) is 0 Å². The van der Waals surface area contributed by atoms with Crippen LogP contribution in [0.2, 0.25) is 0 Å². The molecule has 1 heterocycles. The minimum atomic E-state index is -0.741. The van der Waals surface area contributed by atoms with Crippen molar-refractivity contribution in [2.75, 3.05) is 13.1 Å². The van der Waals surface area contributed by atoms with E-state index in [2.05, 4.69) is 0 Å². The van der Waals surface area contributed by atoms with Crippen LogP contribution in [-0.4, -0.2) is 40.5 Å². The summed E-state index contributed by atoms with van der Waals surface area (Å²) in [6.45, 7) is 1.37. The van der Waals surface area contributed by atoms with Crippen molar-refractivity contribution in [1.82, 2.24) is 4.90 Å². The number of nitrogens with zero attached hydrogens (tertiary/aromatic N) is 1. The normalized spacial score (nSPS) is 23.5. The molecule has 1 saturated carbocycles. The molecule has 2 aliphatic rings. The Kier molecular flexibility index (Phi) is 3.90. The number of nitrogens with two attached hydrogens (primary N) is 1. The molecule has 0 aromatic carbocycles. The average molecular weight is 254 g/mol. The molecule has 5 nitrogen and oxygen atoms in total. The largest absolute Gasteiger partial charge is 0.481 e. The minimum absolute atomic E-state index is 0.144. The van der Waals surface area contributed by atoms with Gasteiger partial charge in [0.2, 0.25) is 5.91 Å². The van der Waals surface area contributed by atoms with Crippen LogP contribution >= 0.6 is 0 Å². The van der Waals surface area contributed by atoms with Crippen molar-refractivity contribution in [3.05, 3.63) is 0 Å². The van der Waals surface area contributed by atoms with Gasteiger partial charge < -0.3 is 15.7 Å². The van der Waals surface area contributed by atoms with E-state index in [1.54, 1.807) is 0 Å². The van der Waals surface area contributed by atoms with Gasteiger partial charge >= 0.3 is 5.97 Å². The lowest BCUT2D eigenvalue weighted by Gasteiger charge is -2.40. The maximum absolute atomic E-state index is 12.1. The van der Waals surface area contributed by atoms with Gasteiger partial charge in [0.05, 0.1) is 0 Å². The first-order chi connectivity index (χ1) is 8.48. The number of rotatable bonds is 4. The van der Waals surface area contributed by atoms with Crippen LogP contribution in [0.4, 0.5) is 0 Å². The second kappa shape index (κ2) is 5.26. The summed E-state index contributed by atoms with van der Waals surface area (Å²) in [5, 5.41) is 8.74. The van der Waals surface area contributed by atoms with Gasteiger partial charge in [-0.3, -0.25) is 9.59 Å². The predicted octanol–water partition coefficient (Wildman–Crippen LogP) is 0.971. The Morgan fingerprint density at radius 2 is 1.89 bits per heavy atom. The number of hydrogen-bond donors (Lipinski definition) is 2. The SMILES string of the molecule is NC1(CC(=O)N2CCC(CC(=O)O)CC2)CCC1. The lowest BCUT2D eigenvalue weighted by Crippen LogP contribution is -2.51. The van der Waals surface area contributed by atoms with Gasteiger partial charge in [0.25, 0.3) is 0 Å². The minimum Gasteiger partial charge on any atom is -0.481 e. The van der Waals surface area contributed by atoms with Gasteiger partial charge in [-0.2, -0.15) is 0 Å². The first-order valence-electron chi connectivity index (χ1n) is 6.77. The first-order valence-corrected chi connectivity index (χ1v) is 6.77. The molecule has 1 amide bonds. The quantitative estimate of drug-likeness (QED) is 0.783. The van der Waals surface area contributed by atoms with Crippen molar-refractivity contribution in [2.24, 2.45) is 11.7 Å². The van der Waals surface area contributed by atoms with Crippen molar-refractivity contribution < 1.29 is 14.7 Å². The predicted molar refractivity (Wildman–Crippen MR) is 66.9 cm³/mol. The van der Waals surface area contributed by atoms with E-state index >= 15 is 0 Å². The van der Waals surface area contributed by atoms with E-state index in [1.165, 1.54) is 0 Å². The maximum atomic E-state index is 12.1. The molecular formula is C13H22N2O3. The van der Waals surface area contributed by atoms with Crippen LogP contribution in [0, 0.1) is 5.92 Å². The molecule has 1 aliphatic heterocycles. The molecular weight excluding hydrogens is 232 g/mol. The molecule has 0 aromatic heterocycles. The highest BCUT2D eigenvalue weighted by Gasteiger charge is 2.36. The number of likely N-dealkylation sites (tertiary alicyclic amines) is 1. The summed E-state index contributed by atoms with van der Waals surface area (Å²) >= 11 is 0. The number of carbonyl (C=O) groups is 2. The Morgan fingerprint density at radius 1 is 1.28 bits per heavy atom. The van der Waals surface area contributed by atoms with Gasteiger partial charge in [0, 0.05) is 31.5 Å². The molecule has 2 fully saturated rings. The third kappa shape index (κ3) is 3.22. The summed E-state index contributed by atoms with van der Waals surface area (Å²) in [7, 11) is 0. The van der Waals surface area contributed by atoms with Crippen LogP contribution in [-0.2, 0) is 9.59 Å². The first kappa shape index (κ1) is 13.3. The second-order valence-corrected chi connectivity index (χ2v) is 5.81. The Hall–Kier alpha value is -1.10. The zero-order valence-corrected chi connectivity index (χ0v) is 10.7. The third-order valence-electron chi connectivity index (χ3n) is 4.28. The Balaban J connectivity index is 1.75. The molecule has 102 valence electrons. The number of piperidine rings is 1. The van der Waals surface area contributed by atoms with Crippen molar-refractivity contribution in [3.63, 3.8) is 0 Å². The summed E-state index contributed by atoms with van der Waals surface area (Å²) < 4.78 is 0. The number of carbonyl (C=O) groups excluding carboxylic acids is 1. The lowest BCUT2D eigenvalue weighted by molar-refractivity contribution is -0.139. The van der Waals surface area contributed by atoms with Gasteiger partial charge in [-0.25, -0.2) is 0 Å². The summed E-state index contributed by atoms with van der Waals surface area (Å²) in [4.78, 5) is 24.5. The van der Waals surface area contributed by atoms with Crippen LogP contribution in [0.25, 0.3) is 0 Å². The number of hydrogen-bond acceptors (Lipinski definition) is 3. The zero-order chi connectivity index (χ0) is 13.2. The summed E-state index contributed by atoms with van der Waals surface area (Å²) in [6.07, 6.45) is 5.32. The number of carboxylic acids is 1. The van der Waals surface area contributed by atoms with Crippen molar-refractivity contribution in [3.8, 4) is 0 Å². The Labute approximate surface area is 107 Å². The van der Waals surface area contributed by atoms with Crippen LogP contribution in [0.3, 0.4) is 0 Å². The monoisotopic (exact) mass is 254 g/mol. The number of aliphatic carboxylic acids is 1. The Bertz CT molecular complexity index is 331. The molecule has 1 saturated heterocycles. The van der Waals surface area contributed by atoms with Crippen LogP contribution < -0.4 is 5.73 Å². The molecule has 0 unspecified atom stereocenters. The van der Waals surface area contributed by atoms with Gasteiger partial charge in [-0.05, 0) is 38.0 Å². The fourth-order valence-corrected chi connectivity index (χ4v) is 2.85. The lowest BCUT2D eigenvalue weighted by atomic mass is 9.75. The molecule has 1 aliphatic carbocycles. The standard InChI is InChI=1S/C13H22N2O3/c14-13(4-1-5-13)9-11(16)15-6-2-10(3-7-15)8-12(17)18/h10H,1-9,14H2,(H,17,18). The van der Waals surface area contributed by atoms with E-state index in [9.17, 15) is 9.59 Å². The topological polar surface area (TPSA) is 83.6 Å². The van der Waals surface area contributed by atoms with Gasteiger partial charge in [0.1, 0.15) is 0 Å². The fraction of sp³-hybridized carbons (Fsp3) is 0.846. The highest BCUT2D eigenvalue weighted by molar-refractivity contribution is 5.77. The third-order valence-corrected chi connectivity index (χ3v) is 4.28. The Morgan fingerprint density at radius 3 is 2.33 bits per heavy atom. The molecule has 3 N–H and O–H groups in total. The molecule has 0 radical (unpaired) electrons. The average Bonchev–Trinajstić information content (AvgIpc) is 2.27. The molecule has 0 bridgehead atoms. The zero-order valence-electron chi connectivity index (χ0n) is 10.7. The summed E-state index contributed by atoms with van der Waals surface area (Å²) in [5.41, 5.74) is 5.82. The van der Waals surface area contributed by atoms with Crippen molar-refractivity contribution in [2.45, 2.75) is 50.5 Å². The summed E-state index contributed by atoms with van der Waals surface area (Å²) in [5.74, 6) is -0.372. The van der Waals surface area contributed by atoms with E-state index < -0.39 is 5.97 Å². The second-order valence-electron chi connectivity index (χ2n) is 5.81. The van der Waals surface area contributed by atoms with E-state index in [0.717, 1.165) is 32.1 Å². The molecule has 0 atom stereocenters. The van der Waals surface area contributed by atoms with Crippen LogP contribution in [0.5, 0.6) is 0 Å². The van der Waals surface area contributed by atoms with Gasteiger partial charge in [-0.1, -0.05) is 0 Å².